The average molecular weight is 307 g/mol. The molecule has 1 saturated carbocycles. The molecule has 1 aromatic heterocycles. The lowest BCUT2D eigenvalue weighted by molar-refractivity contribution is 0.0652. The molecule has 5 heteroatoms. The third kappa shape index (κ3) is 3.69. The molecule has 0 aromatic carbocycles. The minimum atomic E-state index is 0.0694. The first-order valence-electron chi connectivity index (χ1n) is 8.34. The number of aliphatic hydroxyl groups excluding tert-OH is 1. The average Bonchev–Trinajstić information content (AvgIpc) is 2.86. The summed E-state index contributed by atoms with van der Waals surface area (Å²) in [6.45, 7) is 7.37. The Morgan fingerprint density at radius 1 is 1.41 bits per heavy atom. The van der Waals surface area contributed by atoms with Crippen LogP contribution in [0.5, 0.6) is 0 Å². The van der Waals surface area contributed by atoms with E-state index in [1.165, 1.54) is 0 Å². The zero-order valence-electron chi connectivity index (χ0n) is 14.2. The maximum absolute atomic E-state index is 12.7. The molecule has 0 aliphatic heterocycles. The summed E-state index contributed by atoms with van der Waals surface area (Å²) in [4.78, 5) is 14.6. The van der Waals surface area contributed by atoms with Crippen molar-refractivity contribution in [2.45, 2.75) is 59.0 Å². The molecule has 1 heterocycles. The van der Waals surface area contributed by atoms with Gasteiger partial charge in [-0.05, 0) is 44.4 Å². The Kier molecular flexibility index (Phi) is 5.62. The number of aromatic nitrogens is 2. The van der Waals surface area contributed by atoms with Gasteiger partial charge in [0.1, 0.15) is 0 Å². The summed E-state index contributed by atoms with van der Waals surface area (Å²) < 4.78 is 1.93. The SMILES string of the molecule is Cc1c(C(=O)N(C)C2CCC(CO)CC2)cnn1CC(C)C. The lowest BCUT2D eigenvalue weighted by atomic mass is 9.86. The zero-order valence-corrected chi connectivity index (χ0v) is 14.2. The summed E-state index contributed by atoms with van der Waals surface area (Å²) in [6.07, 6.45) is 5.67. The summed E-state index contributed by atoms with van der Waals surface area (Å²) in [7, 11) is 1.89. The third-order valence-corrected chi connectivity index (χ3v) is 4.81. The van der Waals surface area contributed by atoms with Gasteiger partial charge >= 0.3 is 0 Å². The predicted molar refractivity (Wildman–Crippen MR) is 86.7 cm³/mol. The molecule has 22 heavy (non-hydrogen) atoms. The molecule has 0 atom stereocenters. The van der Waals surface area contributed by atoms with Gasteiger partial charge in [-0.25, -0.2) is 0 Å². The Hall–Kier alpha value is -1.36. The number of carbonyl (C=O) groups excluding carboxylic acids is 1. The van der Waals surface area contributed by atoms with Gasteiger partial charge in [-0.1, -0.05) is 13.8 Å². The van der Waals surface area contributed by atoms with Crippen LogP contribution in [0, 0.1) is 18.8 Å². The van der Waals surface area contributed by atoms with E-state index in [9.17, 15) is 9.90 Å². The normalized spacial score (nSPS) is 22.1. The Bertz CT molecular complexity index is 502. The Labute approximate surface area is 133 Å². The first-order valence-corrected chi connectivity index (χ1v) is 8.34. The van der Waals surface area contributed by atoms with E-state index in [1.54, 1.807) is 6.20 Å². The Balaban J connectivity index is 2.03. The van der Waals surface area contributed by atoms with E-state index in [0.29, 0.717) is 17.4 Å². The Morgan fingerprint density at radius 3 is 2.59 bits per heavy atom. The van der Waals surface area contributed by atoms with Crippen molar-refractivity contribution in [3.8, 4) is 0 Å². The van der Waals surface area contributed by atoms with Crippen LogP contribution in [0.25, 0.3) is 0 Å². The molecule has 1 aromatic rings. The van der Waals surface area contributed by atoms with E-state index in [-0.39, 0.29) is 18.6 Å². The molecule has 1 aliphatic rings. The maximum Gasteiger partial charge on any atom is 0.257 e. The molecule has 1 amide bonds. The van der Waals surface area contributed by atoms with Crippen LogP contribution < -0.4 is 0 Å². The number of hydrogen-bond acceptors (Lipinski definition) is 3. The molecular formula is C17H29N3O2. The van der Waals surface area contributed by atoms with Crippen LogP contribution >= 0.6 is 0 Å². The van der Waals surface area contributed by atoms with Crippen molar-refractivity contribution in [2.24, 2.45) is 11.8 Å². The van der Waals surface area contributed by atoms with Crippen molar-refractivity contribution >= 4 is 5.91 Å². The molecule has 0 saturated heterocycles. The number of amides is 1. The fraction of sp³-hybridized carbons (Fsp3) is 0.765. The van der Waals surface area contributed by atoms with Gasteiger partial charge < -0.3 is 10.0 Å². The van der Waals surface area contributed by atoms with Gasteiger partial charge in [0.25, 0.3) is 5.91 Å². The van der Waals surface area contributed by atoms with Gasteiger partial charge in [0.15, 0.2) is 0 Å². The van der Waals surface area contributed by atoms with E-state index >= 15 is 0 Å². The second kappa shape index (κ2) is 7.27. The molecule has 0 spiro atoms. The van der Waals surface area contributed by atoms with Gasteiger partial charge in [0.2, 0.25) is 0 Å². The van der Waals surface area contributed by atoms with Crippen molar-refractivity contribution in [2.75, 3.05) is 13.7 Å². The molecule has 0 unspecified atom stereocenters. The van der Waals surface area contributed by atoms with Crippen LogP contribution in [-0.2, 0) is 6.54 Å². The summed E-state index contributed by atoms with van der Waals surface area (Å²) in [5.41, 5.74) is 1.67. The van der Waals surface area contributed by atoms with E-state index in [4.69, 9.17) is 0 Å². The van der Waals surface area contributed by atoms with Gasteiger partial charge in [-0.3, -0.25) is 9.48 Å². The number of rotatable bonds is 5. The number of hydrogen-bond donors (Lipinski definition) is 1. The highest BCUT2D eigenvalue weighted by molar-refractivity contribution is 5.95. The standard InChI is InChI=1S/C17H29N3O2/c1-12(2)10-20-13(3)16(9-18-20)17(22)19(4)15-7-5-14(11-21)6-8-15/h9,12,14-15,21H,5-8,10-11H2,1-4H3. The summed E-state index contributed by atoms with van der Waals surface area (Å²) in [5.74, 6) is 0.989. The van der Waals surface area contributed by atoms with Crippen LogP contribution in [0.3, 0.4) is 0 Å². The highest BCUT2D eigenvalue weighted by Gasteiger charge is 2.28. The van der Waals surface area contributed by atoms with Gasteiger partial charge in [-0.15, -0.1) is 0 Å². The van der Waals surface area contributed by atoms with Gasteiger partial charge in [-0.2, -0.15) is 5.10 Å². The largest absolute Gasteiger partial charge is 0.396 e. The molecule has 1 aliphatic carbocycles. The number of carbonyl (C=O) groups is 1. The van der Waals surface area contributed by atoms with Gasteiger partial charge in [0, 0.05) is 31.9 Å². The smallest absolute Gasteiger partial charge is 0.257 e. The van der Waals surface area contributed by atoms with E-state index in [1.807, 2.05) is 23.6 Å². The highest BCUT2D eigenvalue weighted by Crippen LogP contribution is 2.27. The van der Waals surface area contributed by atoms with Crippen molar-refractivity contribution in [1.29, 1.82) is 0 Å². The van der Waals surface area contributed by atoms with E-state index < -0.39 is 0 Å². The fourth-order valence-corrected chi connectivity index (χ4v) is 3.26. The summed E-state index contributed by atoms with van der Waals surface area (Å²) in [6, 6.07) is 0.281. The van der Waals surface area contributed by atoms with Crippen molar-refractivity contribution < 1.29 is 9.90 Å². The van der Waals surface area contributed by atoms with E-state index in [2.05, 4.69) is 18.9 Å². The molecule has 5 nitrogen and oxygen atoms in total. The molecule has 0 radical (unpaired) electrons. The minimum Gasteiger partial charge on any atom is -0.396 e. The lowest BCUT2D eigenvalue weighted by Crippen LogP contribution is -2.40. The Morgan fingerprint density at radius 2 is 2.05 bits per heavy atom. The molecule has 1 fully saturated rings. The van der Waals surface area contributed by atoms with Crippen molar-refractivity contribution in [1.82, 2.24) is 14.7 Å². The highest BCUT2D eigenvalue weighted by atomic mass is 16.3. The minimum absolute atomic E-state index is 0.0694. The summed E-state index contributed by atoms with van der Waals surface area (Å²) >= 11 is 0. The molecule has 2 rings (SSSR count). The van der Waals surface area contributed by atoms with Gasteiger partial charge in [0.05, 0.1) is 11.8 Å². The molecule has 1 N–H and O–H groups in total. The van der Waals surface area contributed by atoms with Crippen molar-refractivity contribution in [3.05, 3.63) is 17.5 Å². The molecule has 0 bridgehead atoms. The van der Waals surface area contributed by atoms with Crippen molar-refractivity contribution in [3.63, 3.8) is 0 Å². The van der Waals surface area contributed by atoms with E-state index in [0.717, 1.165) is 37.9 Å². The van der Waals surface area contributed by atoms with Crippen LogP contribution in [-0.4, -0.2) is 45.4 Å². The van der Waals surface area contributed by atoms with Crippen LogP contribution in [0.1, 0.15) is 55.6 Å². The second-order valence-electron chi connectivity index (χ2n) is 6.99. The van der Waals surface area contributed by atoms with Crippen LogP contribution in [0.2, 0.25) is 0 Å². The lowest BCUT2D eigenvalue weighted by Gasteiger charge is -2.34. The molecule has 124 valence electrons. The first-order chi connectivity index (χ1) is 10.4. The molecular weight excluding hydrogens is 278 g/mol. The maximum atomic E-state index is 12.7. The second-order valence-corrected chi connectivity index (χ2v) is 6.99. The first kappa shape index (κ1) is 17.0. The number of aliphatic hydroxyl groups is 1. The zero-order chi connectivity index (χ0) is 16.3. The number of nitrogens with zero attached hydrogens (tertiary/aromatic N) is 3. The summed E-state index contributed by atoms with van der Waals surface area (Å²) in [5, 5.41) is 13.6. The van der Waals surface area contributed by atoms with Crippen LogP contribution in [0.15, 0.2) is 6.20 Å². The monoisotopic (exact) mass is 307 g/mol. The topological polar surface area (TPSA) is 58.4 Å². The quantitative estimate of drug-likeness (QED) is 0.909. The third-order valence-electron chi connectivity index (χ3n) is 4.81. The van der Waals surface area contributed by atoms with Crippen LogP contribution in [0.4, 0.5) is 0 Å². The fourth-order valence-electron chi connectivity index (χ4n) is 3.26. The predicted octanol–water partition coefficient (Wildman–Crippen LogP) is 2.47.